The van der Waals surface area contributed by atoms with Crippen molar-refractivity contribution in [1.82, 2.24) is 0 Å². The third-order valence-electron chi connectivity index (χ3n) is 3.82. The molecule has 1 aromatic rings. The van der Waals surface area contributed by atoms with E-state index in [9.17, 15) is 31.5 Å². The van der Waals surface area contributed by atoms with Gasteiger partial charge < -0.3 is 9.84 Å². The summed E-state index contributed by atoms with van der Waals surface area (Å²) >= 11 is 0. The number of benzene rings is 1. The second kappa shape index (κ2) is 6.72. The molecule has 0 saturated heterocycles. The van der Waals surface area contributed by atoms with Gasteiger partial charge >= 0.3 is 5.97 Å². The first-order chi connectivity index (χ1) is 11.0. The van der Waals surface area contributed by atoms with E-state index in [2.05, 4.69) is 0 Å². The normalized spacial score (nSPS) is 21.6. The van der Waals surface area contributed by atoms with E-state index in [1.54, 1.807) is 0 Å². The molecular formula is C15H17F3O5S. The molecule has 0 unspecified atom stereocenters. The molecule has 5 nitrogen and oxygen atoms in total. The highest BCUT2D eigenvalue weighted by Gasteiger charge is 2.41. The van der Waals surface area contributed by atoms with Crippen LogP contribution >= 0.6 is 0 Å². The number of carbonyl (C=O) groups excluding carboxylic acids is 1. The van der Waals surface area contributed by atoms with Crippen LogP contribution in [0.2, 0.25) is 0 Å². The molecular weight excluding hydrogens is 349 g/mol. The third-order valence-corrected chi connectivity index (χ3v) is 4.97. The molecule has 9 heteroatoms. The molecule has 0 saturated carbocycles. The number of hydrogen-bond donors (Lipinski definition) is 1. The predicted molar refractivity (Wildman–Crippen MR) is 78.2 cm³/mol. The molecule has 1 aliphatic carbocycles. The zero-order chi connectivity index (χ0) is 18.2. The number of ether oxygens (including phenoxy) is 1. The smallest absolute Gasteiger partial charge is 0.303 e. The number of carbonyl (C=O) groups is 1. The molecule has 0 heterocycles. The van der Waals surface area contributed by atoms with Gasteiger partial charge in [-0.1, -0.05) is 6.07 Å². The zero-order valence-corrected chi connectivity index (χ0v) is 13.8. The summed E-state index contributed by atoms with van der Waals surface area (Å²) in [7, 11) is -3.77. The molecule has 3 atom stereocenters. The molecule has 2 rings (SSSR count). The van der Waals surface area contributed by atoms with Crippen molar-refractivity contribution in [2.45, 2.75) is 49.5 Å². The minimum absolute atomic E-state index is 0.0232. The molecule has 134 valence electrons. The molecule has 0 fully saturated rings. The summed E-state index contributed by atoms with van der Waals surface area (Å²) in [6.07, 6.45) is -7.79. The second-order valence-corrected chi connectivity index (χ2v) is 7.69. The lowest BCUT2D eigenvalue weighted by atomic mass is 9.97. The fraction of sp³-hybridized carbons (Fsp3) is 0.533. The second-order valence-electron chi connectivity index (χ2n) is 5.71. The summed E-state index contributed by atoms with van der Waals surface area (Å²) in [5.74, 6) is -0.798. The van der Waals surface area contributed by atoms with Crippen molar-refractivity contribution in [2.24, 2.45) is 0 Å². The van der Waals surface area contributed by atoms with E-state index in [4.69, 9.17) is 4.74 Å². The fourth-order valence-corrected chi connectivity index (χ4v) is 3.88. The van der Waals surface area contributed by atoms with E-state index in [-0.39, 0.29) is 28.0 Å². The maximum atomic E-state index is 14.3. The molecule has 0 spiro atoms. The van der Waals surface area contributed by atoms with E-state index >= 15 is 0 Å². The number of fused-ring (bicyclic) bond motifs is 1. The monoisotopic (exact) mass is 366 g/mol. The first-order valence-electron chi connectivity index (χ1n) is 7.15. The van der Waals surface area contributed by atoms with Crippen LogP contribution in [0, 0.1) is 0 Å². The Morgan fingerprint density at radius 3 is 2.54 bits per heavy atom. The van der Waals surface area contributed by atoms with Crippen molar-refractivity contribution in [2.75, 3.05) is 6.26 Å². The van der Waals surface area contributed by atoms with Crippen molar-refractivity contribution in [3.63, 3.8) is 0 Å². The average Bonchev–Trinajstić information content (AvgIpc) is 2.72. The number of halogens is 3. The van der Waals surface area contributed by atoms with E-state index in [0.717, 1.165) is 19.2 Å². The van der Waals surface area contributed by atoms with Crippen molar-refractivity contribution in [3.8, 4) is 0 Å². The van der Waals surface area contributed by atoms with E-state index in [1.165, 1.54) is 6.07 Å². The maximum Gasteiger partial charge on any atom is 0.303 e. The van der Waals surface area contributed by atoms with Gasteiger partial charge in [-0.05, 0) is 17.2 Å². The Balaban J connectivity index is 2.63. The van der Waals surface area contributed by atoms with Crippen molar-refractivity contribution in [1.29, 1.82) is 0 Å². The van der Waals surface area contributed by atoms with Gasteiger partial charge in [-0.25, -0.2) is 21.6 Å². The summed E-state index contributed by atoms with van der Waals surface area (Å²) in [6.45, 7) is 1.06. The van der Waals surface area contributed by atoms with Crippen LogP contribution in [0.25, 0.3) is 0 Å². The molecule has 0 radical (unpaired) electrons. The summed E-state index contributed by atoms with van der Waals surface area (Å²) in [6, 6.07) is 2.32. The first kappa shape index (κ1) is 18.7. The number of alkyl halides is 3. The predicted octanol–water partition coefficient (Wildman–Crippen LogP) is 2.28. The highest BCUT2D eigenvalue weighted by molar-refractivity contribution is 7.90. The fourth-order valence-electron chi connectivity index (χ4n) is 2.93. The number of sulfone groups is 1. The zero-order valence-electron chi connectivity index (χ0n) is 13.0. The molecule has 1 aromatic carbocycles. The Morgan fingerprint density at radius 2 is 2.04 bits per heavy atom. The maximum absolute atomic E-state index is 14.3. The lowest BCUT2D eigenvalue weighted by Gasteiger charge is -2.19. The van der Waals surface area contributed by atoms with Gasteiger partial charge in [0.25, 0.3) is 0 Å². The van der Waals surface area contributed by atoms with E-state index < -0.39 is 47.0 Å². The topological polar surface area (TPSA) is 80.7 Å². The van der Waals surface area contributed by atoms with Gasteiger partial charge in [-0.2, -0.15) is 0 Å². The van der Waals surface area contributed by atoms with Gasteiger partial charge in [0.15, 0.2) is 15.9 Å². The number of rotatable bonds is 5. The van der Waals surface area contributed by atoms with Crippen molar-refractivity contribution < 1.29 is 36.2 Å². The number of hydrogen-bond acceptors (Lipinski definition) is 5. The van der Waals surface area contributed by atoms with Crippen LogP contribution in [0.4, 0.5) is 13.2 Å². The summed E-state index contributed by atoms with van der Waals surface area (Å²) < 4.78 is 68.1. The number of aliphatic hydroxyl groups is 1. The van der Waals surface area contributed by atoms with Crippen LogP contribution in [0.5, 0.6) is 0 Å². The Labute approximate surface area is 137 Å². The third kappa shape index (κ3) is 3.72. The van der Waals surface area contributed by atoms with Gasteiger partial charge in [-0.15, -0.1) is 0 Å². The van der Waals surface area contributed by atoms with Gasteiger partial charge in [0, 0.05) is 31.6 Å². The average molecular weight is 366 g/mol. The molecule has 0 bridgehead atoms. The Bertz CT molecular complexity index is 748. The number of esters is 1. The van der Waals surface area contributed by atoms with E-state index in [1.807, 2.05) is 0 Å². The quantitative estimate of drug-likeness (QED) is 0.809. The van der Waals surface area contributed by atoms with Crippen LogP contribution in [0.3, 0.4) is 0 Å². The van der Waals surface area contributed by atoms with Crippen LogP contribution < -0.4 is 0 Å². The lowest BCUT2D eigenvalue weighted by Crippen LogP contribution is -2.17. The highest BCUT2D eigenvalue weighted by atomic mass is 32.2. The largest absolute Gasteiger partial charge is 0.454 e. The lowest BCUT2D eigenvalue weighted by molar-refractivity contribution is -0.149. The van der Waals surface area contributed by atoms with Gasteiger partial charge in [0.2, 0.25) is 6.43 Å². The standard InChI is InChI=1S/C15H17F3O5S/c1-7(19)23-15-10(16)5-9-8(11(20)6-13(17)18)3-4-12(14(9)15)24(2,21)22/h3-4,10-11,13,15,20H,5-6H2,1-2H3/t10-,11+,15-/m1/s1. The first-order valence-corrected chi connectivity index (χ1v) is 9.04. The van der Waals surface area contributed by atoms with Gasteiger partial charge in [-0.3, -0.25) is 4.79 Å². The SMILES string of the molecule is CC(=O)O[C@H]1c2c(S(C)(=O)=O)ccc([C@@H](O)CC(F)F)c2C[C@H]1F. The molecule has 24 heavy (non-hydrogen) atoms. The van der Waals surface area contributed by atoms with Crippen molar-refractivity contribution in [3.05, 3.63) is 28.8 Å². The summed E-state index contributed by atoms with van der Waals surface area (Å²) in [5.41, 5.74) is 0.0471. The Hall–Kier alpha value is -1.61. The minimum Gasteiger partial charge on any atom is -0.454 e. The molecule has 1 aliphatic rings. The summed E-state index contributed by atoms with van der Waals surface area (Å²) in [4.78, 5) is 11.0. The minimum atomic E-state index is -3.77. The Kier molecular flexibility index (Phi) is 5.24. The molecule has 0 aromatic heterocycles. The van der Waals surface area contributed by atoms with Gasteiger partial charge in [0.1, 0.15) is 6.17 Å². The highest BCUT2D eigenvalue weighted by Crippen LogP contribution is 2.44. The summed E-state index contributed by atoms with van der Waals surface area (Å²) in [5, 5.41) is 9.94. The van der Waals surface area contributed by atoms with Crippen LogP contribution in [-0.2, 0) is 25.8 Å². The Morgan fingerprint density at radius 1 is 1.42 bits per heavy atom. The van der Waals surface area contributed by atoms with Crippen LogP contribution in [0.1, 0.15) is 42.2 Å². The van der Waals surface area contributed by atoms with E-state index in [0.29, 0.717) is 0 Å². The van der Waals surface area contributed by atoms with Crippen LogP contribution in [-0.4, -0.2) is 38.3 Å². The van der Waals surface area contributed by atoms with Crippen LogP contribution in [0.15, 0.2) is 17.0 Å². The number of aliphatic hydroxyl groups excluding tert-OH is 1. The molecule has 1 N–H and O–H groups in total. The molecule has 0 aliphatic heterocycles. The van der Waals surface area contributed by atoms with Crippen molar-refractivity contribution >= 4 is 15.8 Å². The van der Waals surface area contributed by atoms with Gasteiger partial charge in [0.05, 0.1) is 11.0 Å². The molecule has 0 amide bonds.